The number of sulfone groups is 1. The van der Waals surface area contributed by atoms with Crippen LogP contribution in [0.25, 0.3) is 0 Å². The second-order valence-electron chi connectivity index (χ2n) is 6.79. The summed E-state index contributed by atoms with van der Waals surface area (Å²) in [6, 6.07) is 0. The van der Waals surface area contributed by atoms with Gasteiger partial charge in [0, 0.05) is 6.54 Å². The zero-order valence-corrected chi connectivity index (χ0v) is 13.0. The van der Waals surface area contributed by atoms with Crippen molar-refractivity contribution < 1.29 is 8.42 Å². The van der Waals surface area contributed by atoms with Gasteiger partial charge in [-0.25, -0.2) is 8.42 Å². The minimum absolute atomic E-state index is 0.249. The average Bonchev–Trinajstić information content (AvgIpc) is 2.27. The maximum Gasteiger partial charge on any atom is 0.156 e. The van der Waals surface area contributed by atoms with Gasteiger partial charge in [0.1, 0.15) is 0 Å². The summed E-state index contributed by atoms with van der Waals surface area (Å²) < 4.78 is 23.4. The van der Waals surface area contributed by atoms with Crippen molar-refractivity contribution in [2.45, 2.75) is 45.3 Å². The quantitative estimate of drug-likeness (QED) is 0.839. The molecule has 1 aliphatic rings. The van der Waals surface area contributed by atoms with E-state index in [9.17, 15) is 8.42 Å². The minimum atomic E-state index is -3.00. The molecule has 5 heteroatoms. The highest BCUT2D eigenvalue weighted by Crippen LogP contribution is 2.29. The van der Waals surface area contributed by atoms with Crippen molar-refractivity contribution in [3.8, 4) is 0 Å². The van der Waals surface area contributed by atoms with Crippen molar-refractivity contribution in [2.75, 3.05) is 31.9 Å². The summed E-state index contributed by atoms with van der Waals surface area (Å²) in [5, 5.41) is 0. The van der Waals surface area contributed by atoms with Crippen LogP contribution in [0.2, 0.25) is 0 Å². The van der Waals surface area contributed by atoms with E-state index in [4.69, 9.17) is 5.73 Å². The summed E-state index contributed by atoms with van der Waals surface area (Å²) in [6.07, 6.45) is 2.14. The molecule has 0 spiro atoms. The standard InChI is InChI=1S/C13H28N2O2S/c1-12(2,3)18(16,17)10-9-15-7-5-13(4,11-14)6-8-15/h5-11,14H2,1-4H3. The van der Waals surface area contributed by atoms with E-state index in [0.717, 1.165) is 32.5 Å². The van der Waals surface area contributed by atoms with E-state index in [0.29, 0.717) is 6.54 Å². The highest BCUT2D eigenvalue weighted by molar-refractivity contribution is 7.92. The lowest BCUT2D eigenvalue weighted by Gasteiger charge is -2.38. The first kappa shape index (κ1) is 15.9. The van der Waals surface area contributed by atoms with Gasteiger partial charge < -0.3 is 10.6 Å². The monoisotopic (exact) mass is 276 g/mol. The number of piperidine rings is 1. The maximum absolute atomic E-state index is 12.0. The van der Waals surface area contributed by atoms with Crippen LogP contribution < -0.4 is 5.73 Å². The third kappa shape index (κ3) is 3.93. The van der Waals surface area contributed by atoms with E-state index in [-0.39, 0.29) is 11.2 Å². The van der Waals surface area contributed by atoms with Crippen molar-refractivity contribution in [3.63, 3.8) is 0 Å². The fourth-order valence-electron chi connectivity index (χ4n) is 2.08. The third-order valence-electron chi connectivity index (χ3n) is 4.17. The zero-order chi connectivity index (χ0) is 14.0. The number of hydrogen-bond acceptors (Lipinski definition) is 4. The third-order valence-corrected chi connectivity index (χ3v) is 6.75. The number of rotatable bonds is 4. The van der Waals surface area contributed by atoms with Gasteiger partial charge in [0.25, 0.3) is 0 Å². The molecular weight excluding hydrogens is 248 g/mol. The summed E-state index contributed by atoms with van der Waals surface area (Å²) in [4.78, 5) is 2.25. The summed E-state index contributed by atoms with van der Waals surface area (Å²) in [5.74, 6) is 0.260. The van der Waals surface area contributed by atoms with Gasteiger partial charge >= 0.3 is 0 Å². The molecule has 18 heavy (non-hydrogen) atoms. The van der Waals surface area contributed by atoms with E-state index in [2.05, 4.69) is 11.8 Å². The van der Waals surface area contributed by atoms with Crippen molar-refractivity contribution >= 4 is 9.84 Å². The lowest BCUT2D eigenvalue weighted by Crippen LogP contribution is -2.44. The summed E-state index contributed by atoms with van der Waals surface area (Å²) in [7, 11) is -3.00. The highest BCUT2D eigenvalue weighted by Gasteiger charge is 2.32. The Bertz CT molecular complexity index is 363. The first-order valence-electron chi connectivity index (χ1n) is 6.74. The van der Waals surface area contributed by atoms with Crippen molar-refractivity contribution in [3.05, 3.63) is 0 Å². The van der Waals surface area contributed by atoms with Crippen LogP contribution >= 0.6 is 0 Å². The van der Waals surface area contributed by atoms with Crippen LogP contribution in [-0.4, -0.2) is 50.0 Å². The Morgan fingerprint density at radius 3 is 2.11 bits per heavy atom. The fourth-order valence-corrected chi connectivity index (χ4v) is 3.19. The molecule has 0 aromatic carbocycles. The van der Waals surface area contributed by atoms with Gasteiger partial charge in [-0.2, -0.15) is 0 Å². The molecule has 0 aromatic heterocycles. The molecule has 2 N–H and O–H groups in total. The van der Waals surface area contributed by atoms with Crippen molar-refractivity contribution in [1.29, 1.82) is 0 Å². The summed E-state index contributed by atoms with van der Waals surface area (Å²) in [6.45, 7) is 10.8. The lowest BCUT2D eigenvalue weighted by atomic mass is 9.80. The molecule has 0 aliphatic carbocycles. The van der Waals surface area contributed by atoms with Crippen molar-refractivity contribution in [1.82, 2.24) is 4.90 Å². The molecule has 1 aliphatic heterocycles. The van der Waals surface area contributed by atoms with Crippen LogP contribution in [0.4, 0.5) is 0 Å². The Morgan fingerprint density at radius 2 is 1.72 bits per heavy atom. The maximum atomic E-state index is 12.0. The van der Waals surface area contributed by atoms with Gasteiger partial charge in [0.15, 0.2) is 9.84 Å². The molecule has 0 atom stereocenters. The number of likely N-dealkylation sites (tertiary alicyclic amines) is 1. The van der Waals surface area contributed by atoms with E-state index in [1.807, 2.05) is 0 Å². The summed E-state index contributed by atoms with van der Waals surface area (Å²) in [5.41, 5.74) is 6.02. The van der Waals surface area contributed by atoms with Gasteiger partial charge in [0.05, 0.1) is 10.5 Å². The second-order valence-corrected chi connectivity index (χ2v) is 9.65. The van der Waals surface area contributed by atoms with E-state index in [1.54, 1.807) is 20.8 Å². The molecule has 0 amide bonds. The lowest BCUT2D eigenvalue weighted by molar-refractivity contribution is 0.130. The van der Waals surface area contributed by atoms with Crippen LogP contribution in [0, 0.1) is 5.41 Å². The molecular formula is C13H28N2O2S. The molecule has 1 fully saturated rings. The Hall–Kier alpha value is -0.130. The van der Waals surface area contributed by atoms with E-state index < -0.39 is 14.6 Å². The Morgan fingerprint density at radius 1 is 1.22 bits per heavy atom. The molecule has 108 valence electrons. The van der Waals surface area contributed by atoms with E-state index in [1.165, 1.54) is 0 Å². The predicted octanol–water partition coefficient (Wildman–Crippen LogP) is 1.26. The fraction of sp³-hybridized carbons (Fsp3) is 1.00. The van der Waals surface area contributed by atoms with Gasteiger partial charge in [-0.1, -0.05) is 6.92 Å². The predicted molar refractivity (Wildman–Crippen MR) is 76.4 cm³/mol. The molecule has 1 saturated heterocycles. The normalized spacial score (nSPS) is 22.1. The zero-order valence-electron chi connectivity index (χ0n) is 12.2. The molecule has 0 bridgehead atoms. The minimum Gasteiger partial charge on any atom is -0.330 e. The number of hydrogen-bond donors (Lipinski definition) is 1. The smallest absolute Gasteiger partial charge is 0.156 e. The van der Waals surface area contributed by atoms with Crippen LogP contribution in [0.3, 0.4) is 0 Å². The Kier molecular flexibility index (Phi) is 4.84. The molecule has 0 unspecified atom stereocenters. The van der Waals surface area contributed by atoms with Gasteiger partial charge in [-0.05, 0) is 58.7 Å². The molecule has 1 heterocycles. The van der Waals surface area contributed by atoms with Gasteiger partial charge in [0.2, 0.25) is 0 Å². The molecule has 0 radical (unpaired) electrons. The van der Waals surface area contributed by atoms with Crippen LogP contribution in [0.1, 0.15) is 40.5 Å². The van der Waals surface area contributed by atoms with Crippen LogP contribution in [-0.2, 0) is 9.84 Å². The first-order chi connectivity index (χ1) is 8.10. The van der Waals surface area contributed by atoms with Gasteiger partial charge in [-0.3, -0.25) is 0 Å². The Labute approximate surface area is 112 Å². The molecule has 1 rings (SSSR count). The number of nitrogens with two attached hydrogens (primary N) is 1. The van der Waals surface area contributed by atoms with Crippen LogP contribution in [0.15, 0.2) is 0 Å². The van der Waals surface area contributed by atoms with Crippen LogP contribution in [0.5, 0.6) is 0 Å². The average molecular weight is 276 g/mol. The van der Waals surface area contributed by atoms with E-state index >= 15 is 0 Å². The first-order valence-corrected chi connectivity index (χ1v) is 8.40. The Balaban J connectivity index is 2.44. The summed E-state index contributed by atoms with van der Waals surface area (Å²) >= 11 is 0. The van der Waals surface area contributed by atoms with Gasteiger partial charge in [-0.15, -0.1) is 0 Å². The molecule has 0 saturated carbocycles. The molecule has 0 aromatic rings. The SMILES string of the molecule is CC1(CN)CCN(CCS(=O)(=O)C(C)(C)C)CC1. The second kappa shape index (κ2) is 5.47. The number of nitrogens with zero attached hydrogens (tertiary/aromatic N) is 1. The topological polar surface area (TPSA) is 63.4 Å². The molecule has 4 nitrogen and oxygen atoms in total. The highest BCUT2D eigenvalue weighted by atomic mass is 32.2. The van der Waals surface area contributed by atoms with Crippen molar-refractivity contribution in [2.24, 2.45) is 11.1 Å². The largest absolute Gasteiger partial charge is 0.330 e.